The number of rotatable bonds is 7. The fourth-order valence-electron chi connectivity index (χ4n) is 2.89. The number of aromatic nitrogens is 1. The van der Waals surface area contributed by atoms with Crippen LogP contribution < -0.4 is 22.3 Å². The number of anilines is 1. The quantitative estimate of drug-likeness (QED) is 0.473. The van der Waals surface area contributed by atoms with Gasteiger partial charge in [-0.25, -0.2) is 9.36 Å². The standard InChI is InChI=1S/C22H23N3O4.ClH/c1-16(15-22(28)29-25-20(26)9-10-21(25)27)23-19-7-5-17(6-8-19)3-4-18-11-13-24(2)14-12-18;/h3-8,11-14,16H,9-10,15H2,1-2H3;1H. The fraction of sp³-hybridized carbons (Fsp3) is 0.273. The Bertz CT molecular complexity index is 910. The molecule has 1 fully saturated rings. The van der Waals surface area contributed by atoms with Crippen molar-refractivity contribution in [1.82, 2.24) is 5.06 Å². The van der Waals surface area contributed by atoms with Gasteiger partial charge in [0.25, 0.3) is 11.8 Å². The molecule has 2 heterocycles. The molecule has 1 aliphatic rings. The first-order valence-corrected chi connectivity index (χ1v) is 9.47. The largest absolute Gasteiger partial charge is 1.00 e. The van der Waals surface area contributed by atoms with Gasteiger partial charge in [0.15, 0.2) is 12.4 Å². The highest BCUT2D eigenvalue weighted by Crippen LogP contribution is 2.16. The van der Waals surface area contributed by atoms with Gasteiger partial charge in [-0.2, -0.15) is 0 Å². The van der Waals surface area contributed by atoms with Crippen LogP contribution in [0.2, 0.25) is 0 Å². The number of hydrogen-bond acceptors (Lipinski definition) is 5. The van der Waals surface area contributed by atoms with E-state index in [0.717, 1.165) is 16.8 Å². The van der Waals surface area contributed by atoms with Gasteiger partial charge in [-0.3, -0.25) is 9.59 Å². The SMILES string of the molecule is CC(CC(=O)ON1C(=O)CCC1=O)Nc1ccc(/C=C/c2cc[n+](C)cc2)cc1.[Cl-]. The Balaban J connectivity index is 0.00000320. The van der Waals surface area contributed by atoms with Crippen molar-refractivity contribution in [2.75, 3.05) is 5.32 Å². The van der Waals surface area contributed by atoms with Crippen LogP contribution in [0, 0.1) is 0 Å². The second kappa shape index (κ2) is 10.5. The van der Waals surface area contributed by atoms with E-state index in [9.17, 15) is 14.4 Å². The summed E-state index contributed by atoms with van der Waals surface area (Å²) in [4.78, 5) is 39.8. The minimum absolute atomic E-state index is 0. The summed E-state index contributed by atoms with van der Waals surface area (Å²) in [6.45, 7) is 1.83. The number of amides is 2. The van der Waals surface area contributed by atoms with Crippen molar-refractivity contribution in [3.8, 4) is 0 Å². The third-order valence-corrected chi connectivity index (χ3v) is 4.47. The molecule has 2 aromatic rings. The van der Waals surface area contributed by atoms with Crippen LogP contribution in [-0.4, -0.2) is 28.9 Å². The van der Waals surface area contributed by atoms with Gasteiger partial charge in [-0.15, -0.1) is 5.06 Å². The number of nitrogens with zero attached hydrogens (tertiary/aromatic N) is 2. The number of imide groups is 1. The molecule has 2 amide bonds. The van der Waals surface area contributed by atoms with E-state index >= 15 is 0 Å². The first kappa shape index (κ1) is 23.1. The molecule has 8 heteroatoms. The molecule has 0 aliphatic carbocycles. The lowest BCUT2D eigenvalue weighted by atomic mass is 10.1. The van der Waals surface area contributed by atoms with Crippen LogP contribution in [0.3, 0.4) is 0 Å². The highest BCUT2D eigenvalue weighted by atomic mass is 35.5. The molecule has 0 bridgehead atoms. The molecule has 1 N–H and O–H groups in total. The predicted molar refractivity (Wildman–Crippen MR) is 108 cm³/mol. The Morgan fingerprint density at radius 1 is 1.07 bits per heavy atom. The molecule has 0 saturated carbocycles. The maximum atomic E-state index is 12.0. The van der Waals surface area contributed by atoms with Crippen LogP contribution in [0.15, 0.2) is 48.8 Å². The predicted octanol–water partition coefficient (Wildman–Crippen LogP) is -0.517. The number of benzene rings is 1. The van der Waals surface area contributed by atoms with E-state index in [1.807, 2.05) is 79.5 Å². The second-order valence-electron chi connectivity index (χ2n) is 7.05. The number of carbonyl (C=O) groups is 3. The van der Waals surface area contributed by atoms with E-state index < -0.39 is 17.8 Å². The van der Waals surface area contributed by atoms with Crippen molar-refractivity contribution in [2.45, 2.75) is 32.2 Å². The van der Waals surface area contributed by atoms with Crippen LogP contribution in [0.4, 0.5) is 5.69 Å². The summed E-state index contributed by atoms with van der Waals surface area (Å²) in [5.41, 5.74) is 3.04. The van der Waals surface area contributed by atoms with E-state index in [1.165, 1.54) is 0 Å². The van der Waals surface area contributed by atoms with Gasteiger partial charge >= 0.3 is 5.97 Å². The minimum atomic E-state index is -0.621. The summed E-state index contributed by atoms with van der Waals surface area (Å²) >= 11 is 0. The number of pyridine rings is 1. The zero-order valence-corrected chi connectivity index (χ0v) is 17.6. The van der Waals surface area contributed by atoms with Gasteiger partial charge in [0.2, 0.25) is 0 Å². The molecule has 158 valence electrons. The van der Waals surface area contributed by atoms with Gasteiger partial charge in [0.05, 0.1) is 6.42 Å². The third-order valence-electron chi connectivity index (χ3n) is 4.47. The summed E-state index contributed by atoms with van der Waals surface area (Å²) in [7, 11) is 1.98. The van der Waals surface area contributed by atoms with Crippen LogP contribution in [0.25, 0.3) is 12.2 Å². The molecule has 1 saturated heterocycles. The molecule has 0 radical (unpaired) electrons. The molecule has 3 rings (SSSR count). The van der Waals surface area contributed by atoms with Crippen molar-refractivity contribution in [3.63, 3.8) is 0 Å². The number of hydroxylamine groups is 2. The summed E-state index contributed by atoms with van der Waals surface area (Å²) < 4.78 is 1.98. The lowest BCUT2D eigenvalue weighted by molar-refractivity contribution is -0.671. The number of carbonyl (C=O) groups excluding carboxylic acids is 3. The maximum Gasteiger partial charge on any atom is 0.335 e. The molecule has 0 spiro atoms. The van der Waals surface area contributed by atoms with Crippen LogP contribution in [0.1, 0.15) is 37.3 Å². The van der Waals surface area contributed by atoms with E-state index in [2.05, 4.69) is 5.32 Å². The zero-order chi connectivity index (χ0) is 20.8. The normalized spacial score (nSPS) is 14.5. The maximum absolute atomic E-state index is 12.0. The first-order chi connectivity index (χ1) is 13.9. The molecule has 1 aliphatic heterocycles. The summed E-state index contributed by atoms with van der Waals surface area (Å²) in [6.07, 6.45) is 8.27. The van der Waals surface area contributed by atoms with Gasteiger partial charge in [0, 0.05) is 36.7 Å². The average molecular weight is 430 g/mol. The molecule has 1 unspecified atom stereocenters. The Morgan fingerprint density at radius 3 is 2.17 bits per heavy atom. The zero-order valence-electron chi connectivity index (χ0n) is 16.9. The topological polar surface area (TPSA) is 79.6 Å². The van der Waals surface area contributed by atoms with Crippen molar-refractivity contribution in [3.05, 3.63) is 59.9 Å². The van der Waals surface area contributed by atoms with E-state index in [4.69, 9.17) is 4.84 Å². The molecular weight excluding hydrogens is 406 g/mol. The monoisotopic (exact) mass is 429 g/mol. The minimum Gasteiger partial charge on any atom is -1.00 e. The Hall–Kier alpha value is -3.19. The van der Waals surface area contributed by atoms with Gasteiger partial charge in [0.1, 0.15) is 7.05 Å². The van der Waals surface area contributed by atoms with Crippen molar-refractivity contribution in [2.24, 2.45) is 7.05 Å². The summed E-state index contributed by atoms with van der Waals surface area (Å²) in [5, 5.41) is 3.78. The molecule has 30 heavy (non-hydrogen) atoms. The van der Waals surface area contributed by atoms with Gasteiger partial charge in [-0.1, -0.05) is 24.3 Å². The third kappa shape index (κ3) is 6.42. The lowest BCUT2D eigenvalue weighted by Gasteiger charge is -2.17. The van der Waals surface area contributed by atoms with E-state index in [0.29, 0.717) is 5.06 Å². The second-order valence-corrected chi connectivity index (χ2v) is 7.05. The van der Waals surface area contributed by atoms with Crippen molar-refractivity contribution in [1.29, 1.82) is 0 Å². The molecule has 1 aromatic carbocycles. The Morgan fingerprint density at radius 2 is 1.60 bits per heavy atom. The summed E-state index contributed by atoms with van der Waals surface area (Å²) in [5.74, 6) is -1.57. The molecular formula is C22H24ClN3O4. The summed E-state index contributed by atoms with van der Waals surface area (Å²) in [6, 6.07) is 11.7. The number of hydrogen-bond donors (Lipinski definition) is 1. The number of halogens is 1. The smallest absolute Gasteiger partial charge is 0.335 e. The van der Waals surface area contributed by atoms with E-state index in [1.54, 1.807) is 0 Å². The van der Waals surface area contributed by atoms with Crippen LogP contribution >= 0.6 is 0 Å². The molecule has 7 nitrogen and oxygen atoms in total. The number of aryl methyl sites for hydroxylation is 1. The Labute approximate surface area is 181 Å². The average Bonchev–Trinajstić information content (AvgIpc) is 3.00. The fourth-order valence-corrected chi connectivity index (χ4v) is 2.89. The van der Waals surface area contributed by atoms with Gasteiger partial charge < -0.3 is 22.6 Å². The van der Waals surface area contributed by atoms with E-state index in [-0.39, 0.29) is 37.7 Å². The van der Waals surface area contributed by atoms with Gasteiger partial charge in [-0.05, 0) is 30.2 Å². The Kier molecular flexibility index (Phi) is 8.12. The van der Waals surface area contributed by atoms with Crippen LogP contribution in [-0.2, 0) is 26.3 Å². The highest BCUT2D eigenvalue weighted by molar-refractivity contribution is 6.01. The van der Waals surface area contributed by atoms with Crippen molar-refractivity contribution >= 4 is 35.6 Å². The van der Waals surface area contributed by atoms with Crippen LogP contribution in [0.5, 0.6) is 0 Å². The lowest BCUT2D eigenvalue weighted by Crippen LogP contribution is -3.00. The highest BCUT2D eigenvalue weighted by Gasteiger charge is 2.33. The molecule has 1 aromatic heterocycles. The number of nitrogens with one attached hydrogen (secondary N) is 1. The molecule has 1 atom stereocenters. The first-order valence-electron chi connectivity index (χ1n) is 9.47. The van der Waals surface area contributed by atoms with Crippen molar-refractivity contribution < 1.29 is 36.2 Å².